The van der Waals surface area contributed by atoms with Crippen LogP contribution in [0.25, 0.3) is 22.4 Å². The molecular weight excluding hydrogens is 331 g/mol. The molecule has 2 aromatic carbocycles. The second kappa shape index (κ2) is 5.98. The molecule has 0 aliphatic carbocycles. The van der Waals surface area contributed by atoms with Gasteiger partial charge in [0.25, 0.3) is 0 Å². The summed E-state index contributed by atoms with van der Waals surface area (Å²) in [6.07, 6.45) is 2.20. The number of aryl methyl sites for hydroxylation is 1. The lowest BCUT2D eigenvalue weighted by Gasteiger charge is -2.09. The summed E-state index contributed by atoms with van der Waals surface area (Å²) in [6, 6.07) is 12.6. The van der Waals surface area contributed by atoms with Crippen LogP contribution >= 0.6 is 15.9 Å². The average molecular weight is 347 g/mol. The lowest BCUT2D eigenvalue weighted by molar-refractivity contribution is 0.627. The SMILES string of the molecule is CCCCn1c(-c2ccc(F)cc2)nc2cccc(Br)c21. The van der Waals surface area contributed by atoms with Gasteiger partial charge in [0.05, 0.1) is 11.0 Å². The van der Waals surface area contributed by atoms with Crippen LogP contribution in [0.5, 0.6) is 0 Å². The fraction of sp³-hybridized carbons (Fsp3) is 0.235. The molecule has 0 unspecified atom stereocenters. The van der Waals surface area contributed by atoms with Gasteiger partial charge in [-0.25, -0.2) is 9.37 Å². The number of halogens is 2. The molecule has 0 fully saturated rings. The predicted octanol–water partition coefficient (Wildman–Crippen LogP) is 5.41. The van der Waals surface area contributed by atoms with E-state index in [1.807, 2.05) is 18.2 Å². The molecule has 0 bridgehead atoms. The predicted molar refractivity (Wildman–Crippen MR) is 87.7 cm³/mol. The molecule has 0 atom stereocenters. The number of para-hydroxylation sites is 1. The van der Waals surface area contributed by atoms with Gasteiger partial charge in [-0.2, -0.15) is 0 Å². The normalized spacial score (nSPS) is 11.2. The Morgan fingerprint density at radius 1 is 1.14 bits per heavy atom. The molecule has 0 saturated carbocycles. The minimum atomic E-state index is -0.226. The highest BCUT2D eigenvalue weighted by Crippen LogP contribution is 2.30. The molecule has 21 heavy (non-hydrogen) atoms. The first-order valence-corrected chi connectivity index (χ1v) is 7.90. The maximum absolute atomic E-state index is 13.1. The number of imidazole rings is 1. The van der Waals surface area contributed by atoms with E-state index in [2.05, 4.69) is 27.4 Å². The van der Waals surface area contributed by atoms with Gasteiger partial charge in [0.1, 0.15) is 11.6 Å². The molecule has 1 aromatic heterocycles. The number of hydrogen-bond acceptors (Lipinski definition) is 1. The van der Waals surface area contributed by atoms with E-state index in [0.29, 0.717) is 0 Å². The number of aromatic nitrogens is 2. The maximum Gasteiger partial charge on any atom is 0.141 e. The number of fused-ring (bicyclic) bond motifs is 1. The molecule has 0 saturated heterocycles. The molecule has 0 spiro atoms. The molecule has 1 heterocycles. The third-order valence-electron chi connectivity index (χ3n) is 3.56. The van der Waals surface area contributed by atoms with Crippen molar-refractivity contribution in [3.8, 4) is 11.4 Å². The van der Waals surface area contributed by atoms with Crippen molar-refractivity contribution in [2.75, 3.05) is 0 Å². The Balaban J connectivity index is 2.21. The van der Waals surface area contributed by atoms with Crippen LogP contribution in [0.1, 0.15) is 19.8 Å². The summed E-state index contributed by atoms with van der Waals surface area (Å²) in [5.41, 5.74) is 3.00. The van der Waals surface area contributed by atoms with Crippen LogP contribution < -0.4 is 0 Å². The summed E-state index contributed by atoms with van der Waals surface area (Å²) in [5.74, 6) is 0.668. The van der Waals surface area contributed by atoms with E-state index in [1.165, 1.54) is 12.1 Å². The zero-order valence-electron chi connectivity index (χ0n) is 11.8. The standard InChI is InChI=1S/C17H16BrFN2/c1-2-3-11-21-16-14(18)5-4-6-15(16)20-17(21)12-7-9-13(19)10-8-12/h4-10H,2-3,11H2,1H3. The van der Waals surface area contributed by atoms with Crippen LogP contribution in [0.15, 0.2) is 46.9 Å². The molecule has 0 aliphatic rings. The Bertz CT molecular complexity index is 762. The summed E-state index contributed by atoms with van der Waals surface area (Å²) in [7, 11) is 0. The molecule has 108 valence electrons. The van der Waals surface area contributed by atoms with Crippen molar-refractivity contribution in [1.82, 2.24) is 9.55 Å². The van der Waals surface area contributed by atoms with Gasteiger partial charge < -0.3 is 4.57 Å². The first-order valence-electron chi connectivity index (χ1n) is 7.11. The molecular formula is C17H16BrFN2. The van der Waals surface area contributed by atoms with Crippen LogP contribution in [0.3, 0.4) is 0 Å². The maximum atomic E-state index is 13.1. The van der Waals surface area contributed by atoms with Crippen LogP contribution in [-0.2, 0) is 6.54 Å². The fourth-order valence-electron chi connectivity index (χ4n) is 2.50. The molecule has 0 radical (unpaired) electrons. The first-order chi connectivity index (χ1) is 10.2. The highest BCUT2D eigenvalue weighted by Gasteiger charge is 2.14. The Labute approximate surface area is 131 Å². The van der Waals surface area contributed by atoms with Gasteiger partial charge in [-0.1, -0.05) is 19.4 Å². The summed E-state index contributed by atoms with van der Waals surface area (Å²) >= 11 is 3.62. The third-order valence-corrected chi connectivity index (χ3v) is 4.20. The second-order valence-electron chi connectivity index (χ2n) is 5.06. The van der Waals surface area contributed by atoms with E-state index in [1.54, 1.807) is 12.1 Å². The Hall–Kier alpha value is -1.68. The molecule has 3 rings (SSSR count). The van der Waals surface area contributed by atoms with Gasteiger partial charge in [-0.3, -0.25) is 0 Å². The van der Waals surface area contributed by atoms with E-state index in [-0.39, 0.29) is 5.82 Å². The number of benzene rings is 2. The van der Waals surface area contributed by atoms with Gasteiger partial charge in [-0.05, 0) is 58.7 Å². The van der Waals surface area contributed by atoms with Crippen LogP contribution in [0, 0.1) is 5.82 Å². The van der Waals surface area contributed by atoms with Crippen molar-refractivity contribution in [3.05, 3.63) is 52.8 Å². The highest BCUT2D eigenvalue weighted by molar-refractivity contribution is 9.10. The van der Waals surface area contributed by atoms with E-state index in [0.717, 1.165) is 46.3 Å². The first kappa shape index (κ1) is 14.3. The van der Waals surface area contributed by atoms with Crippen molar-refractivity contribution < 1.29 is 4.39 Å². The van der Waals surface area contributed by atoms with E-state index in [9.17, 15) is 4.39 Å². The monoisotopic (exact) mass is 346 g/mol. The topological polar surface area (TPSA) is 17.8 Å². The minimum absolute atomic E-state index is 0.226. The van der Waals surface area contributed by atoms with Crippen LogP contribution in [0.4, 0.5) is 4.39 Å². The largest absolute Gasteiger partial charge is 0.323 e. The Kier molecular flexibility index (Phi) is 4.06. The second-order valence-corrected chi connectivity index (χ2v) is 5.91. The van der Waals surface area contributed by atoms with Gasteiger partial charge >= 0.3 is 0 Å². The molecule has 4 heteroatoms. The van der Waals surface area contributed by atoms with Gasteiger partial charge in [0, 0.05) is 16.6 Å². The van der Waals surface area contributed by atoms with Gasteiger partial charge in [0.15, 0.2) is 0 Å². The number of nitrogens with zero attached hydrogens (tertiary/aromatic N) is 2. The van der Waals surface area contributed by atoms with E-state index in [4.69, 9.17) is 4.98 Å². The van der Waals surface area contributed by atoms with Crippen molar-refractivity contribution >= 4 is 27.0 Å². The van der Waals surface area contributed by atoms with Gasteiger partial charge in [-0.15, -0.1) is 0 Å². The van der Waals surface area contributed by atoms with Crippen molar-refractivity contribution in [3.63, 3.8) is 0 Å². The third kappa shape index (κ3) is 2.72. The fourth-order valence-corrected chi connectivity index (χ4v) is 3.06. The summed E-state index contributed by atoms with van der Waals surface area (Å²) in [4.78, 5) is 4.74. The lowest BCUT2D eigenvalue weighted by atomic mass is 10.2. The Morgan fingerprint density at radius 2 is 1.90 bits per heavy atom. The van der Waals surface area contributed by atoms with Crippen LogP contribution in [-0.4, -0.2) is 9.55 Å². The van der Waals surface area contributed by atoms with Crippen LogP contribution in [0.2, 0.25) is 0 Å². The number of hydrogen-bond donors (Lipinski definition) is 0. The Morgan fingerprint density at radius 3 is 2.62 bits per heavy atom. The van der Waals surface area contributed by atoms with E-state index >= 15 is 0 Å². The number of rotatable bonds is 4. The summed E-state index contributed by atoms with van der Waals surface area (Å²) in [6.45, 7) is 3.08. The zero-order valence-corrected chi connectivity index (χ0v) is 13.4. The van der Waals surface area contributed by atoms with Crippen molar-refractivity contribution in [1.29, 1.82) is 0 Å². The molecule has 3 aromatic rings. The average Bonchev–Trinajstić information content (AvgIpc) is 2.86. The lowest BCUT2D eigenvalue weighted by Crippen LogP contribution is -2.01. The zero-order chi connectivity index (χ0) is 14.8. The summed E-state index contributed by atoms with van der Waals surface area (Å²) < 4.78 is 16.4. The van der Waals surface area contributed by atoms with Crippen molar-refractivity contribution in [2.24, 2.45) is 0 Å². The molecule has 0 aliphatic heterocycles. The number of unbranched alkanes of at least 4 members (excludes halogenated alkanes) is 1. The van der Waals surface area contributed by atoms with E-state index < -0.39 is 0 Å². The minimum Gasteiger partial charge on any atom is -0.323 e. The van der Waals surface area contributed by atoms with Crippen molar-refractivity contribution in [2.45, 2.75) is 26.3 Å². The summed E-state index contributed by atoms with van der Waals surface area (Å²) in [5, 5.41) is 0. The smallest absolute Gasteiger partial charge is 0.141 e. The quantitative estimate of drug-likeness (QED) is 0.617. The van der Waals surface area contributed by atoms with Gasteiger partial charge in [0.2, 0.25) is 0 Å². The molecule has 0 amide bonds. The molecule has 2 nitrogen and oxygen atoms in total. The molecule has 0 N–H and O–H groups in total. The highest BCUT2D eigenvalue weighted by atomic mass is 79.9.